The molecule has 1 unspecified atom stereocenters. The summed E-state index contributed by atoms with van der Waals surface area (Å²) < 4.78 is 6.97. The largest absolute Gasteiger partial charge is 0.480 e. The highest BCUT2D eigenvalue weighted by molar-refractivity contribution is 5.73. The molecule has 18 heavy (non-hydrogen) atoms. The maximum absolute atomic E-state index is 10.6. The van der Waals surface area contributed by atoms with Crippen molar-refractivity contribution in [1.82, 2.24) is 15.0 Å². The van der Waals surface area contributed by atoms with Crippen LogP contribution in [-0.4, -0.2) is 44.8 Å². The van der Waals surface area contributed by atoms with Gasteiger partial charge in [0.25, 0.3) is 0 Å². The van der Waals surface area contributed by atoms with Crippen LogP contribution >= 0.6 is 0 Å². The molecule has 102 valence electrons. The van der Waals surface area contributed by atoms with Crippen molar-refractivity contribution in [2.24, 2.45) is 5.73 Å². The minimum absolute atomic E-state index is 0.184. The third-order valence-corrected chi connectivity index (χ3v) is 2.83. The van der Waals surface area contributed by atoms with Crippen molar-refractivity contribution in [2.45, 2.75) is 44.9 Å². The van der Waals surface area contributed by atoms with E-state index in [0.29, 0.717) is 12.2 Å². The number of aliphatic carboxylic acids is 1. The number of carboxylic acids is 1. The molecule has 1 heterocycles. The fourth-order valence-corrected chi connectivity index (χ4v) is 1.34. The predicted molar refractivity (Wildman–Crippen MR) is 65.0 cm³/mol. The van der Waals surface area contributed by atoms with Gasteiger partial charge in [-0.15, -0.1) is 5.10 Å². The molecule has 0 saturated heterocycles. The second-order valence-electron chi connectivity index (χ2n) is 4.84. The lowest BCUT2D eigenvalue weighted by Gasteiger charge is -2.22. The quantitative estimate of drug-likeness (QED) is 0.714. The molecule has 0 aliphatic rings. The Balaban J connectivity index is 2.51. The molecule has 7 nitrogen and oxygen atoms in total. The van der Waals surface area contributed by atoms with Gasteiger partial charge in [-0.3, -0.25) is 9.48 Å². The van der Waals surface area contributed by atoms with E-state index in [0.717, 1.165) is 6.42 Å². The summed E-state index contributed by atoms with van der Waals surface area (Å²) in [6.45, 7) is 4.65. The Morgan fingerprint density at radius 1 is 1.67 bits per heavy atom. The molecule has 0 radical (unpaired) electrons. The highest BCUT2D eigenvalue weighted by Gasteiger charge is 2.17. The molecule has 1 rings (SSSR count). The average molecular weight is 256 g/mol. The first-order valence-electron chi connectivity index (χ1n) is 5.76. The Labute approximate surface area is 106 Å². The molecule has 0 aliphatic heterocycles. The summed E-state index contributed by atoms with van der Waals surface area (Å²) in [4.78, 5) is 10.6. The number of ether oxygens (including phenoxy) is 1. The smallest absolute Gasteiger partial charge is 0.320 e. The minimum atomic E-state index is -1.04. The zero-order chi connectivity index (χ0) is 13.8. The monoisotopic (exact) mass is 256 g/mol. The zero-order valence-electron chi connectivity index (χ0n) is 11.0. The van der Waals surface area contributed by atoms with E-state index in [-0.39, 0.29) is 12.0 Å². The van der Waals surface area contributed by atoms with Gasteiger partial charge in [-0.1, -0.05) is 5.21 Å². The highest BCUT2D eigenvalue weighted by atomic mass is 16.5. The van der Waals surface area contributed by atoms with E-state index in [9.17, 15) is 4.79 Å². The van der Waals surface area contributed by atoms with Gasteiger partial charge in [0.15, 0.2) is 0 Å². The molecule has 1 atom stereocenters. The van der Waals surface area contributed by atoms with Gasteiger partial charge in [-0.2, -0.15) is 0 Å². The standard InChI is InChI=1S/C11H20N4O3/c1-11(2,18-3)4-5-15-7-8(13-14-15)6-9(12)10(16)17/h7,9H,4-6,12H2,1-3H3,(H,16,17). The van der Waals surface area contributed by atoms with E-state index in [1.165, 1.54) is 0 Å². The van der Waals surface area contributed by atoms with Crippen LogP contribution < -0.4 is 5.73 Å². The first-order valence-corrected chi connectivity index (χ1v) is 5.76. The van der Waals surface area contributed by atoms with Gasteiger partial charge in [-0.05, 0) is 20.3 Å². The van der Waals surface area contributed by atoms with Crippen molar-refractivity contribution < 1.29 is 14.6 Å². The average Bonchev–Trinajstić information content (AvgIpc) is 2.74. The SMILES string of the molecule is COC(C)(C)CCn1cc(CC(N)C(=O)O)nn1. The van der Waals surface area contributed by atoms with Crippen molar-refractivity contribution in [1.29, 1.82) is 0 Å². The predicted octanol–water partition coefficient (Wildman–Crippen LogP) is 0.0476. The van der Waals surface area contributed by atoms with Gasteiger partial charge >= 0.3 is 5.97 Å². The van der Waals surface area contributed by atoms with Gasteiger partial charge in [0.1, 0.15) is 6.04 Å². The lowest BCUT2D eigenvalue weighted by Crippen LogP contribution is -2.32. The molecule has 0 spiro atoms. The van der Waals surface area contributed by atoms with Crippen LogP contribution in [0.3, 0.4) is 0 Å². The fraction of sp³-hybridized carbons (Fsp3) is 0.727. The summed E-state index contributed by atoms with van der Waals surface area (Å²) in [6, 6.07) is -0.939. The maximum Gasteiger partial charge on any atom is 0.320 e. The molecule has 0 fully saturated rings. The number of hydrogen-bond donors (Lipinski definition) is 2. The molecule has 0 saturated carbocycles. The lowest BCUT2D eigenvalue weighted by atomic mass is 10.1. The van der Waals surface area contributed by atoms with Gasteiger partial charge in [0.05, 0.1) is 11.3 Å². The summed E-state index contributed by atoms with van der Waals surface area (Å²) in [6.07, 6.45) is 2.69. The van der Waals surface area contributed by atoms with Crippen LogP contribution in [0.1, 0.15) is 26.0 Å². The number of nitrogens with zero attached hydrogens (tertiary/aromatic N) is 3. The van der Waals surface area contributed by atoms with Gasteiger partial charge in [0.2, 0.25) is 0 Å². The van der Waals surface area contributed by atoms with E-state index < -0.39 is 12.0 Å². The Bertz CT molecular complexity index is 403. The number of carbonyl (C=O) groups is 1. The number of hydrogen-bond acceptors (Lipinski definition) is 5. The molecule has 7 heteroatoms. The third-order valence-electron chi connectivity index (χ3n) is 2.83. The Kier molecular flexibility index (Phi) is 4.80. The van der Waals surface area contributed by atoms with Gasteiger partial charge in [-0.25, -0.2) is 0 Å². The molecular weight excluding hydrogens is 236 g/mol. The Morgan fingerprint density at radius 3 is 2.89 bits per heavy atom. The first-order chi connectivity index (χ1) is 8.34. The third kappa shape index (κ3) is 4.42. The van der Waals surface area contributed by atoms with E-state index in [4.69, 9.17) is 15.6 Å². The van der Waals surface area contributed by atoms with Crippen molar-refractivity contribution in [3.05, 3.63) is 11.9 Å². The summed E-state index contributed by atoms with van der Waals surface area (Å²) in [5.74, 6) is -1.04. The second-order valence-corrected chi connectivity index (χ2v) is 4.84. The number of carboxylic acid groups (broad SMARTS) is 1. The molecule has 1 aromatic rings. The molecule has 0 aromatic carbocycles. The number of aryl methyl sites for hydroxylation is 1. The second kappa shape index (κ2) is 5.92. The topological polar surface area (TPSA) is 103 Å². The number of nitrogens with two attached hydrogens (primary N) is 1. The van der Waals surface area contributed by atoms with E-state index in [2.05, 4.69) is 10.3 Å². The van der Waals surface area contributed by atoms with E-state index >= 15 is 0 Å². The lowest BCUT2D eigenvalue weighted by molar-refractivity contribution is -0.138. The van der Waals surface area contributed by atoms with Crippen molar-refractivity contribution in [2.75, 3.05) is 7.11 Å². The van der Waals surface area contributed by atoms with E-state index in [1.54, 1.807) is 18.0 Å². The number of aromatic nitrogens is 3. The van der Waals surface area contributed by atoms with Gasteiger partial charge < -0.3 is 15.6 Å². The summed E-state index contributed by atoms with van der Waals surface area (Å²) in [7, 11) is 1.67. The van der Waals surface area contributed by atoms with E-state index in [1.807, 2.05) is 13.8 Å². The maximum atomic E-state index is 10.6. The van der Waals surface area contributed by atoms with Crippen molar-refractivity contribution >= 4 is 5.97 Å². The number of rotatable bonds is 7. The fourth-order valence-electron chi connectivity index (χ4n) is 1.34. The molecule has 0 amide bonds. The minimum Gasteiger partial charge on any atom is -0.480 e. The van der Waals surface area contributed by atoms with Crippen LogP contribution in [0.5, 0.6) is 0 Å². The molecule has 1 aromatic heterocycles. The Hall–Kier alpha value is -1.47. The van der Waals surface area contributed by atoms with Gasteiger partial charge in [0, 0.05) is 26.3 Å². The first kappa shape index (κ1) is 14.6. The number of methoxy groups -OCH3 is 1. The van der Waals surface area contributed by atoms with Crippen LogP contribution in [0.15, 0.2) is 6.20 Å². The summed E-state index contributed by atoms with van der Waals surface area (Å²) >= 11 is 0. The van der Waals surface area contributed by atoms with Crippen LogP contribution in [0.4, 0.5) is 0 Å². The van der Waals surface area contributed by atoms with Crippen LogP contribution in [0.25, 0.3) is 0 Å². The molecule has 3 N–H and O–H groups in total. The van der Waals surface area contributed by atoms with Crippen LogP contribution in [0, 0.1) is 0 Å². The van der Waals surface area contributed by atoms with Crippen LogP contribution in [-0.2, 0) is 22.5 Å². The van der Waals surface area contributed by atoms with Crippen molar-refractivity contribution in [3.8, 4) is 0 Å². The summed E-state index contributed by atoms with van der Waals surface area (Å²) in [5, 5.41) is 16.5. The van der Waals surface area contributed by atoms with Crippen LogP contribution in [0.2, 0.25) is 0 Å². The Morgan fingerprint density at radius 2 is 2.33 bits per heavy atom. The zero-order valence-corrected chi connectivity index (χ0v) is 11.0. The molecular formula is C11H20N4O3. The normalized spacial score (nSPS) is 13.6. The highest BCUT2D eigenvalue weighted by Crippen LogP contribution is 2.13. The molecule has 0 bridgehead atoms. The molecule has 0 aliphatic carbocycles. The van der Waals surface area contributed by atoms with Crippen molar-refractivity contribution in [3.63, 3.8) is 0 Å². The summed E-state index contributed by atoms with van der Waals surface area (Å²) in [5.41, 5.74) is 5.79.